The molecule has 0 heterocycles. The summed E-state index contributed by atoms with van der Waals surface area (Å²) in [6.07, 6.45) is 10.9. The molecule has 1 unspecified atom stereocenters. The minimum absolute atomic E-state index is 0.707. The maximum Gasteiger partial charge on any atom is 0.0468 e. The molecular formula is C14H23ClO. The summed E-state index contributed by atoms with van der Waals surface area (Å²) in [4.78, 5) is 0. The van der Waals surface area contributed by atoms with E-state index in [9.17, 15) is 0 Å². The molecule has 0 aromatic rings. The molecule has 0 bridgehead atoms. The highest BCUT2D eigenvalue weighted by molar-refractivity contribution is 6.31. The molecule has 0 N–H and O–H groups in total. The van der Waals surface area contributed by atoms with E-state index in [2.05, 4.69) is 19.6 Å². The normalized spacial score (nSPS) is 14.3. The van der Waals surface area contributed by atoms with Crippen LogP contribution in [0.15, 0.2) is 35.9 Å². The third-order valence-electron chi connectivity index (χ3n) is 2.34. The first-order valence-electron chi connectivity index (χ1n) is 5.93. The highest BCUT2D eigenvalue weighted by Gasteiger charge is 1.99. The van der Waals surface area contributed by atoms with Crippen molar-refractivity contribution < 1.29 is 4.74 Å². The van der Waals surface area contributed by atoms with Gasteiger partial charge in [-0.05, 0) is 44.3 Å². The van der Waals surface area contributed by atoms with E-state index >= 15 is 0 Å². The number of hydrogen-bond donors (Lipinski definition) is 0. The average Bonchev–Trinajstić information content (AvgIpc) is 2.25. The fraction of sp³-hybridized carbons (Fsp3) is 0.571. The summed E-state index contributed by atoms with van der Waals surface area (Å²) in [5.74, 6) is 0.707. The van der Waals surface area contributed by atoms with E-state index in [1.165, 1.54) is 6.42 Å². The third-order valence-corrected chi connectivity index (χ3v) is 2.59. The molecule has 2 heteroatoms. The van der Waals surface area contributed by atoms with Crippen molar-refractivity contribution in [3.05, 3.63) is 35.9 Å². The van der Waals surface area contributed by atoms with Crippen molar-refractivity contribution in [2.24, 2.45) is 5.92 Å². The highest BCUT2D eigenvalue weighted by Crippen LogP contribution is 2.12. The lowest BCUT2D eigenvalue weighted by atomic mass is 10.0. The Morgan fingerprint density at radius 3 is 2.81 bits per heavy atom. The van der Waals surface area contributed by atoms with Crippen LogP contribution in [0.1, 0.15) is 33.1 Å². The molecule has 1 nitrogen and oxygen atoms in total. The molecule has 0 aliphatic carbocycles. The Balaban J connectivity index is 3.56. The Morgan fingerprint density at radius 1 is 1.44 bits per heavy atom. The van der Waals surface area contributed by atoms with E-state index in [0.29, 0.717) is 5.92 Å². The highest BCUT2D eigenvalue weighted by atomic mass is 35.5. The van der Waals surface area contributed by atoms with Gasteiger partial charge in [-0.1, -0.05) is 37.3 Å². The van der Waals surface area contributed by atoms with E-state index in [4.69, 9.17) is 16.3 Å². The van der Waals surface area contributed by atoms with Crippen molar-refractivity contribution in [3.8, 4) is 0 Å². The summed E-state index contributed by atoms with van der Waals surface area (Å²) in [5.41, 5.74) is 0. The second-order valence-corrected chi connectivity index (χ2v) is 4.29. The van der Waals surface area contributed by atoms with E-state index < -0.39 is 0 Å². The molecule has 0 saturated carbocycles. The standard InChI is InChI=1S/C14H23ClO/c1-4-8-14(15)10-7-6-9-13(3)11-12-16-5-2/h4,7-8,10,13H,1,5-6,9,11-12H2,2-3H3/b10-7-,14-8+. The zero-order valence-electron chi connectivity index (χ0n) is 10.4. The summed E-state index contributed by atoms with van der Waals surface area (Å²) >= 11 is 5.88. The maximum absolute atomic E-state index is 5.88. The predicted octanol–water partition coefficient (Wildman–Crippen LogP) is 4.69. The molecule has 0 aliphatic heterocycles. The molecule has 0 aliphatic rings. The van der Waals surface area contributed by atoms with Crippen molar-refractivity contribution in [2.45, 2.75) is 33.1 Å². The van der Waals surface area contributed by atoms with Gasteiger partial charge in [0.1, 0.15) is 0 Å². The third kappa shape index (κ3) is 10.0. The second-order valence-electron chi connectivity index (χ2n) is 3.86. The van der Waals surface area contributed by atoms with Crippen LogP contribution in [0.5, 0.6) is 0 Å². The van der Waals surface area contributed by atoms with Crippen molar-refractivity contribution in [1.82, 2.24) is 0 Å². The Kier molecular flexibility index (Phi) is 10.6. The van der Waals surface area contributed by atoms with Crippen LogP contribution in [0.2, 0.25) is 0 Å². The Hall–Kier alpha value is -0.530. The monoisotopic (exact) mass is 242 g/mol. The largest absolute Gasteiger partial charge is 0.382 e. The summed E-state index contributed by atoms with van der Waals surface area (Å²) in [5, 5.41) is 0.733. The van der Waals surface area contributed by atoms with Crippen LogP contribution in [-0.4, -0.2) is 13.2 Å². The van der Waals surface area contributed by atoms with E-state index in [-0.39, 0.29) is 0 Å². The van der Waals surface area contributed by atoms with Crippen LogP contribution in [-0.2, 0) is 4.74 Å². The number of ether oxygens (including phenoxy) is 1. The van der Waals surface area contributed by atoms with Gasteiger partial charge in [0.15, 0.2) is 0 Å². The molecule has 0 amide bonds. The topological polar surface area (TPSA) is 9.23 Å². The van der Waals surface area contributed by atoms with Gasteiger partial charge in [0.2, 0.25) is 0 Å². The lowest BCUT2D eigenvalue weighted by Gasteiger charge is -2.09. The van der Waals surface area contributed by atoms with Gasteiger partial charge >= 0.3 is 0 Å². The molecule has 0 rings (SSSR count). The first kappa shape index (κ1) is 15.5. The van der Waals surface area contributed by atoms with Gasteiger partial charge in [0.05, 0.1) is 0 Å². The molecule has 1 atom stereocenters. The predicted molar refractivity (Wildman–Crippen MR) is 72.8 cm³/mol. The van der Waals surface area contributed by atoms with Crippen LogP contribution >= 0.6 is 11.6 Å². The molecule has 0 fully saturated rings. The number of rotatable bonds is 9. The number of hydrogen-bond acceptors (Lipinski definition) is 1. The van der Waals surface area contributed by atoms with Gasteiger partial charge in [0.25, 0.3) is 0 Å². The van der Waals surface area contributed by atoms with Crippen LogP contribution < -0.4 is 0 Å². The number of halogens is 1. The summed E-state index contributed by atoms with van der Waals surface area (Å²) in [6, 6.07) is 0. The molecule has 0 radical (unpaired) electrons. The lowest BCUT2D eigenvalue weighted by Crippen LogP contribution is -2.01. The average molecular weight is 243 g/mol. The molecular weight excluding hydrogens is 220 g/mol. The van der Waals surface area contributed by atoms with Crippen molar-refractivity contribution in [2.75, 3.05) is 13.2 Å². The fourth-order valence-electron chi connectivity index (χ4n) is 1.32. The van der Waals surface area contributed by atoms with Crippen LogP contribution in [0, 0.1) is 5.92 Å². The SMILES string of the molecule is C=C/C=C(Cl)\C=C/CCC(C)CCOCC. The fourth-order valence-corrected chi connectivity index (χ4v) is 1.50. The van der Waals surface area contributed by atoms with Crippen LogP contribution in [0.25, 0.3) is 0 Å². The van der Waals surface area contributed by atoms with E-state index in [0.717, 1.165) is 31.1 Å². The first-order chi connectivity index (χ1) is 7.70. The molecule has 92 valence electrons. The summed E-state index contributed by atoms with van der Waals surface area (Å²) < 4.78 is 5.32. The molecule has 0 aromatic carbocycles. The van der Waals surface area contributed by atoms with Crippen molar-refractivity contribution >= 4 is 11.6 Å². The first-order valence-corrected chi connectivity index (χ1v) is 6.31. The smallest absolute Gasteiger partial charge is 0.0468 e. The molecule has 0 aromatic heterocycles. The van der Waals surface area contributed by atoms with Crippen molar-refractivity contribution in [3.63, 3.8) is 0 Å². The summed E-state index contributed by atoms with van der Waals surface area (Å²) in [6.45, 7) is 9.56. The van der Waals surface area contributed by atoms with Gasteiger partial charge < -0.3 is 4.74 Å². The Bertz CT molecular complexity index is 231. The zero-order chi connectivity index (χ0) is 12.2. The molecule has 0 spiro atoms. The maximum atomic E-state index is 5.88. The zero-order valence-corrected chi connectivity index (χ0v) is 11.2. The van der Waals surface area contributed by atoms with Crippen LogP contribution in [0.3, 0.4) is 0 Å². The minimum Gasteiger partial charge on any atom is -0.382 e. The van der Waals surface area contributed by atoms with Gasteiger partial charge in [-0.25, -0.2) is 0 Å². The second kappa shape index (κ2) is 11.0. The molecule has 0 saturated heterocycles. The molecule has 16 heavy (non-hydrogen) atoms. The van der Waals surface area contributed by atoms with E-state index in [1.807, 2.05) is 13.0 Å². The van der Waals surface area contributed by atoms with Gasteiger partial charge in [0, 0.05) is 18.2 Å². The lowest BCUT2D eigenvalue weighted by molar-refractivity contribution is 0.133. The Morgan fingerprint density at radius 2 is 2.19 bits per heavy atom. The van der Waals surface area contributed by atoms with Crippen LogP contribution in [0.4, 0.5) is 0 Å². The quantitative estimate of drug-likeness (QED) is 0.421. The number of allylic oxidation sites excluding steroid dienone is 5. The van der Waals surface area contributed by atoms with E-state index in [1.54, 1.807) is 12.2 Å². The van der Waals surface area contributed by atoms with Crippen molar-refractivity contribution in [1.29, 1.82) is 0 Å². The van der Waals surface area contributed by atoms with Gasteiger partial charge in [-0.15, -0.1) is 0 Å². The minimum atomic E-state index is 0.707. The van der Waals surface area contributed by atoms with Gasteiger partial charge in [-0.3, -0.25) is 0 Å². The Labute approximate surface area is 105 Å². The van der Waals surface area contributed by atoms with Gasteiger partial charge in [-0.2, -0.15) is 0 Å². The summed E-state index contributed by atoms with van der Waals surface area (Å²) in [7, 11) is 0.